The lowest BCUT2D eigenvalue weighted by Gasteiger charge is -2.13. The Balaban J connectivity index is 2.24. The van der Waals surface area contributed by atoms with E-state index in [1.165, 1.54) is 0 Å². The molecule has 21 heavy (non-hydrogen) atoms. The monoisotopic (exact) mass is 284 g/mol. The van der Waals surface area contributed by atoms with E-state index < -0.39 is 0 Å². The van der Waals surface area contributed by atoms with E-state index in [1.54, 1.807) is 0 Å². The molecule has 0 radical (unpaired) electrons. The SMILES string of the molecule is C=C(C)CCOc1cc(CNC(C)C)nc2ccccc12. The molecule has 2 rings (SSSR count). The molecule has 0 aliphatic heterocycles. The van der Waals surface area contributed by atoms with E-state index in [4.69, 9.17) is 9.72 Å². The van der Waals surface area contributed by atoms with Crippen molar-refractivity contribution in [2.75, 3.05) is 6.61 Å². The van der Waals surface area contributed by atoms with Crippen LogP contribution in [0.5, 0.6) is 5.75 Å². The van der Waals surface area contributed by atoms with Gasteiger partial charge in [0.1, 0.15) is 5.75 Å². The summed E-state index contributed by atoms with van der Waals surface area (Å²) in [6.45, 7) is 11.6. The molecule has 0 atom stereocenters. The topological polar surface area (TPSA) is 34.1 Å². The molecule has 0 aliphatic carbocycles. The summed E-state index contributed by atoms with van der Waals surface area (Å²) in [4.78, 5) is 4.69. The van der Waals surface area contributed by atoms with Gasteiger partial charge in [-0.25, -0.2) is 0 Å². The number of hydrogen-bond donors (Lipinski definition) is 1. The third kappa shape index (κ3) is 4.57. The number of ether oxygens (including phenoxy) is 1. The zero-order chi connectivity index (χ0) is 15.2. The van der Waals surface area contributed by atoms with E-state index in [-0.39, 0.29) is 0 Å². The molecule has 0 amide bonds. The van der Waals surface area contributed by atoms with Crippen LogP contribution in [0.25, 0.3) is 10.9 Å². The van der Waals surface area contributed by atoms with Crippen LogP contribution in [0.1, 0.15) is 32.9 Å². The highest BCUT2D eigenvalue weighted by atomic mass is 16.5. The summed E-state index contributed by atoms with van der Waals surface area (Å²) in [5.41, 5.74) is 3.12. The van der Waals surface area contributed by atoms with Crippen LogP contribution in [-0.4, -0.2) is 17.6 Å². The quantitative estimate of drug-likeness (QED) is 0.778. The van der Waals surface area contributed by atoms with Crippen LogP contribution in [-0.2, 0) is 6.54 Å². The first-order valence-electron chi connectivity index (χ1n) is 7.45. The molecular weight excluding hydrogens is 260 g/mol. The summed E-state index contributed by atoms with van der Waals surface area (Å²) < 4.78 is 5.95. The molecule has 0 spiro atoms. The van der Waals surface area contributed by atoms with Gasteiger partial charge in [0.15, 0.2) is 0 Å². The Hall–Kier alpha value is -1.87. The van der Waals surface area contributed by atoms with Gasteiger partial charge in [0.25, 0.3) is 0 Å². The summed E-state index contributed by atoms with van der Waals surface area (Å²) in [6, 6.07) is 10.6. The van der Waals surface area contributed by atoms with Crippen LogP contribution >= 0.6 is 0 Å². The zero-order valence-electron chi connectivity index (χ0n) is 13.1. The molecule has 1 aromatic heterocycles. The van der Waals surface area contributed by atoms with E-state index in [1.807, 2.05) is 31.2 Å². The molecule has 0 bridgehead atoms. The van der Waals surface area contributed by atoms with Gasteiger partial charge in [0.05, 0.1) is 17.8 Å². The Bertz CT molecular complexity index is 620. The molecule has 112 valence electrons. The van der Waals surface area contributed by atoms with Crippen molar-refractivity contribution in [3.05, 3.63) is 48.2 Å². The second-order valence-electron chi connectivity index (χ2n) is 5.72. The third-order valence-corrected chi connectivity index (χ3v) is 3.21. The standard InChI is InChI=1S/C18H24N2O/c1-13(2)9-10-21-18-11-15(12-19-14(3)4)20-17-8-6-5-7-16(17)18/h5-8,11,14,19H,1,9-10,12H2,2-4H3. The molecule has 1 aromatic carbocycles. The third-order valence-electron chi connectivity index (χ3n) is 3.21. The summed E-state index contributed by atoms with van der Waals surface area (Å²) in [5, 5.41) is 4.46. The molecule has 0 unspecified atom stereocenters. The number of fused-ring (bicyclic) bond motifs is 1. The Kier molecular flexibility index (Phi) is 5.34. The minimum Gasteiger partial charge on any atom is -0.492 e. The maximum Gasteiger partial charge on any atom is 0.130 e. The number of nitrogens with zero attached hydrogens (tertiary/aromatic N) is 1. The van der Waals surface area contributed by atoms with Crippen molar-refractivity contribution in [2.24, 2.45) is 0 Å². The van der Waals surface area contributed by atoms with Crippen molar-refractivity contribution in [3.8, 4) is 5.75 Å². The lowest BCUT2D eigenvalue weighted by Crippen LogP contribution is -2.22. The molecule has 0 saturated heterocycles. The number of benzene rings is 1. The average molecular weight is 284 g/mol. The van der Waals surface area contributed by atoms with Crippen LogP contribution in [0, 0.1) is 0 Å². The van der Waals surface area contributed by atoms with Gasteiger partial charge in [-0.15, -0.1) is 6.58 Å². The van der Waals surface area contributed by atoms with Gasteiger partial charge >= 0.3 is 0 Å². The predicted molar refractivity (Wildman–Crippen MR) is 88.6 cm³/mol. The molecule has 1 N–H and O–H groups in total. The van der Waals surface area contributed by atoms with Gasteiger partial charge in [-0.05, 0) is 19.1 Å². The maximum absolute atomic E-state index is 5.95. The number of nitrogens with one attached hydrogen (secondary N) is 1. The van der Waals surface area contributed by atoms with E-state index in [0.29, 0.717) is 12.6 Å². The zero-order valence-corrected chi connectivity index (χ0v) is 13.1. The van der Waals surface area contributed by atoms with Crippen LogP contribution in [0.15, 0.2) is 42.5 Å². The molecular formula is C18H24N2O. The van der Waals surface area contributed by atoms with Gasteiger partial charge in [0.2, 0.25) is 0 Å². The number of para-hydroxylation sites is 1. The fraction of sp³-hybridized carbons (Fsp3) is 0.389. The minimum atomic E-state index is 0.436. The second-order valence-corrected chi connectivity index (χ2v) is 5.72. The highest BCUT2D eigenvalue weighted by molar-refractivity contribution is 5.85. The first-order chi connectivity index (χ1) is 10.1. The van der Waals surface area contributed by atoms with Crippen molar-refractivity contribution in [3.63, 3.8) is 0 Å². The lowest BCUT2D eigenvalue weighted by atomic mass is 10.1. The predicted octanol–water partition coefficient (Wildman–Crippen LogP) is 4.08. The summed E-state index contributed by atoms with van der Waals surface area (Å²) >= 11 is 0. The highest BCUT2D eigenvalue weighted by Gasteiger charge is 2.07. The van der Waals surface area contributed by atoms with E-state index in [9.17, 15) is 0 Å². The van der Waals surface area contributed by atoms with Crippen LogP contribution in [0.4, 0.5) is 0 Å². The first kappa shape index (κ1) is 15.5. The van der Waals surface area contributed by atoms with Gasteiger partial charge in [-0.1, -0.05) is 31.6 Å². The number of pyridine rings is 1. The number of rotatable bonds is 7. The van der Waals surface area contributed by atoms with Crippen LogP contribution < -0.4 is 10.1 Å². The molecule has 0 fully saturated rings. The van der Waals surface area contributed by atoms with E-state index >= 15 is 0 Å². The fourth-order valence-corrected chi connectivity index (χ4v) is 2.05. The van der Waals surface area contributed by atoms with Crippen LogP contribution in [0.2, 0.25) is 0 Å². The van der Waals surface area contributed by atoms with Crippen molar-refractivity contribution in [2.45, 2.75) is 39.8 Å². The van der Waals surface area contributed by atoms with Gasteiger partial charge in [-0.2, -0.15) is 0 Å². The van der Waals surface area contributed by atoms with Crippen LogP contribution in [0.3, 0.4) is 0 Å². The smallest absolute Gasteiger partial charge is 0.130 e. The Labute approximate surface area is 127 Å². The molecule has 0 aliphatic rings. The molecule has 3 heteroatoms. The largest absolute Gasteiger partial charge is 0.492 e. The Morgan fingerprint density at radius 1 is 1.33 bits per heavy atom. The fourth-order valence-electron chi connectivity index (χ4n) is 2.05. The van der Waals surface area contributed by atoms with Crippen molar-refractivity contribution >= 4 is 10.9 Å². The number of aromatic nitrogens is 1. The Morgan fingerprint density at radius 2 is 2.10 bits per heavy atom. The molecule has 1 heterocycles. The normalized spacial score (nSPS) is 11.0. The first-order valence-corrected chi connectivity index (χ1v) is 7.45. The number of hydrogen-bond acceptors (Lipinski definition) is 3. The average Bonchev–Trinajstić information content (AvgIpc) is 2.44. The van der Waals surface area contributed by atoms with Crippen molar-refractivity contribution < 1.29 is 4.74 Å². The Morgan fingerprint density at radius 3 is 2.81 bits per heavy atom. The van der Waals surface area contributed by atoms with Gasteiger partial charge < -0.3 is 10.1 Å². The molecule has 3 nitrogen and oxygen atoms in total. The minimum absolute atomic E-state index is 0.436. The maximum atomic E-state index is 5.95. The lowest BCUT2D eigenvalue weighted by molar-refractivity contribution is 0.325. The van der Waals surface area contributed by atoms with E-state index in [0.717, 1.165) is 40.9 Å². The van der Waals surface area contributed by atoms with Gasteiger partial charge in [0, 0.05) is 30.5 Å². The van der Waals surface area contributed by atoms with Crippen molar-refractivity contribution in [1.29, 1.82) is 0 Å². The van der Waals surface area contributed by atoms with Crippen molar-refractivity contribution in [1.82, 2.24) is 10.3 Å². The molecule has 0 saturated carbocycles. The van der Waals surface area contributed by atoms with E-state index in [2.05, 4.69) is 31.8 Å². The summed E-state index contributed by atoms with van der Waals surface area (Å²) in [6.07, 6.45) is 0.871. The summed E-state index contributed by atoms with van der Waals surface area (Å²) in [5.74, 6) is 0.905. The van der Waals surface area contributed by atoms with Gasteiger partial charge in [-0.3, -0.25) is 4.98 Å². The second kappa shape index (κ2) is 7.23. The highest BCUT2D eigenvalue weighted by Crippen LogP contribution is 2.25. The molecule has 2 aromatic rings. The summed E-state index contributed by atoms with van der Waals surface area (Å²) in [7, 11) is 0.